The number of thiophene rings is 1. The molecule has 0 bridgehead atoms. The molecule has 27 heavy (non-hydrogen) atoms. The average molecular weight is 385 g/mol. The van der Waals surface area contributed by atoms with Crippen molar-refractivity contribution < 1.29 is 14.3 Å². The largest absolute Gasteiger partial charge is 0.462 e. The lowest BCUT2D eigenvalue weighted by molar-refractivity contribution is -0.120. The molecule has 140 valence electrons. The standard InChI is InChI=1S/C19H19N3O4S/c1-3-26-19(25)16-11(2)15-17(24)21-13(22-18(15)27-16)9-14(23)20-10-12-7-5-4-6-8-12/h4-8H,3,9-10H2,1-2H3,(H,20,23)(H,21,22,24). The SMILES string of the molecule is CCOC(=O)c1sc2nc(CC(=O)NCc3ccccc3)[nH]c(=O)c2c1C. The van der Waals surface area contributed by atoms with E-state index in [1.807, 2.05) is 30.3 Å². The first-order valence-electron chi connectivity index (χ1n) is 8.49. The van der Waals surface area contributed by atoms with Crippen LogP contribution < -0.4 is 10.9 Å². The summed E-state index contributed by atoms with van der Waals surface area (Å²) >= 11 is 1.10. The van der Waals surface area contributed by atoms with Gasteiger partial charge in [-0.3, -0.25) is 9.59 Å². The Morgan fingerprint density at radius 3 is 2.70 bits per heavy atom. The maximum absolute atomic E-state index is 12.4. The first kappa shape index (κ1) is 18.8. The quantitative estimate of drug-likeness (QED) is 0.634. The van der Waals surface area contributed by atoms with Crippen LogP contribution in [0.5, 0.6) is 0 Å². The number of hydrogen-bond acceptors (Lipinski definition) is 6. The highest BCUT2D eigenvalue weighted by Crippen LogP contribution is 2.27. The summed E-state index contributed by atoms with van der Waals surface area (Å²) in [6.45, 7) is 4.06. The van der Waals surface area contributed by atoms with Gasteiger partial charge >= 0.3 is 5.97 Å². The third-order valence-electron chi connectivity index (χ3n) is 3.97. The van der Waals surface area contributed by atoms with Gasteiger partial charge in [-0.15, -0.1) is 11.3 Å². The predicted octanol–water partition coefficient (Wildman–Crippen LogP) is 2.33. The number of aryl methyl sites for hydroxylation is 1. The maximum atomic E-state index is 12.4. The number of amides is 1. The van der Waals surface area contributed by atoms with Crippen molar-refractivity contribution in [1.82, 2.24) is 15.3 Å². The molecule has 0 spiro atoms. The van der Waals surface area contributed by atoms with E-state index in [0.29, 0.717) is 27.2 Å². The normalized spacial score (nSPS) is 10.7. The topological polar surface area (TPSA) is 101 Å². The van der Waals surface area contributed by atoms with Crippen LogP contribution >= 0.6 is 11.3 Å². The zero-order chi connectivity index (χ0) is 19.4. The van der Waals surface area contributed by atoms with E-state index in [-0.39, 0.29) is 30.3 Å². The van der Waals surface area contributed by atoms with Crippen molar-refractivity contribution in [1.29, 1.82) is 0 Å². The zero-order valence-electron chi connectivity index (χ0n) is 15.0. The third kappa shape index (κ3) is 4.22. The smallest absolute Gasteiger partial charge is 0.348 e. The van der Waals surface area contributed by atoms with Gasteiger partial charge in [-0.1, -0.05) is 30.3 Å². The van der Waals surface area contributed by atoms with E-state index in [1.165, 1.54) is 0 Å². The fourth-order valence-electron chi connectivity index (χ4n) is 2.67. The molecule has 0 fully saturated rings. The monoisotopic (exact) mass is 385 g/mol. The van der Waals surface area contributed by atoms with Crippen LogP contribution in [0.3, 0.4) is 0 Å². The van der Waals surface area contributed by atoms with Crippen molar-refractivity contribution in [2.24, 2.45) is 0 Å². The molecular formula is C19H19N3O4S. The van der Waals surface area contributed by atoms with Crippen LogP contribution in [-0.4, -0.2) is 28.5 Å². The Morgan fingerprint density at radius 1 is 1.26 bits per heavy atom. The lowest BCUT2D eigenvalue weighted by atomic mass is 10.2. The number of ether oxygens (including phenoxy) is 1. The highest BCUT2D eigenvalue weighted by atomic mass is 32.1. The molecule has 0 aliphatic carbocycles. The lowest BCUT2D eigenvalue weighted by Crippen LogP contribution is -2.26. The summed E-state index contributed by atoms with van der Waals surface area (Å²) < 4.78 is 5.01. The van der Waals surface area contributed by atoms with Gasteiger partial charge in [0.2, 0.25) is 5.91 Å². The van der Waals surface area contributed by atoms with Crippen LogP contribution in [0.1, 0.15) is 33.5 Å². The molecule has 2 N–H and O–H groups in total. The molecular weight excluding hydrogens is 366 g/mol. The first-order chi connectivity index (χ1) is 13.0. The van der Waals surface area contributed by atoms with E-state index in [1.54, 1.807) is 13.8 Å². The molecule has 0 saturated heterocycles. The molecule has 0 radical (unpaired) electrons. The van der Waals surface area contributed by atoms with Gasteiger partial charge in [-0.2, -0.15) is 0 Å². The molecule has 0 saturated carbocycles. The molecule has 8 heteroatoms. The molecule has 0 aliphatic heterocycles. The molecule has 0 atom stereocenters. The number of nitrogens with zero attached hydrogens (tertiary/aromatic N) is 1. The van der Waals surface area contributed by atoms with Crippen molar-refractivity contribution >= 4 is 33.4 Å². The Balaban J connectivity index is 1.78. The Morgan fingerprint density at radius 2 is 2.00 bits per heavy atom. The number of aromatic amines is 1. The molecule has 7 nitrogen and oxygen atoms in total. The van der Waals surface area contributed by atoms with Gasteiger partial charge in [0, 0.05) is 6.54 Å². The number of H-pyrrole nitrogens is 1. The van der Waals surface area contributed by atoms with E-state index in [9.17, 15) is 14.4 Å². The number of nitrogens with one attached hydrogen (secondary N) is 2. The number of hydrogen-bond donors (Lipinski definition) is 2. The molecule has 0 aliphatic rings. The summed E-state index contributed by atoms with van der Waals surface area (Å²) in [5, 5.41) is 3.15. The molecule has 3 aromatic rings. The average Bonchev–Trinajstić information content (AvgIpc) is 2.98. The van der Waals surface area contributed by atoms with Gasteiger partial charge in [0.05, 0.1) is 18.4 Å². The van der Waals surface area contributed by atoms with Crippen LogP contribution in [0.15, 0.2) is 35.1 Å². The Hall–Kier alpha value is -3.00. The first-order valence-corrected chi connectivity index (χ1v) is 9.31. The van der Waals surface area contributed by atoms with Gasteiger partial charge in [0.1, 0.15) is 15.5 Å². The van der Waals surface area contributed by atoms with E-state index >= 15 is 0 Å². The molecule has 2 heterocycles. The number of carbonyl (C=O) groups is 2. The van der Waals surface area contributed by atoms with E-state index < -0.39 is 5.97 Å². The van der Waals surface area contributed by atoms with Gasteiger partial charge in [0.25, 0.3) is 5.56 Å². The van der Waals surface area contributed by atoms with E-state index in [0.717, 1.165) is 16.9 Å². The summed E-state index contributed by atoms with van der Waals surface area (Å²) in [5.41, 5.74) is 1.16. The lowest BCUT2D eigenvalue weighted by Gasteiger charge is -2.05. The van der Waals surface area contributed by atoms with Crippen LogP contribution in [0.25, 0.3) is 10.2 Å². The number of carbonyl (C=O) groups excluding carboxylic acids is 2. The fraction of sp³-hybridized carbons (Fsp3) is 0.263. The van der Waals surface area contributed by atoms with E-state index in [2.05, 4.69) is 15.3 Å². The highest BCUT2D eigenvalue weighted by molar-refractivity contribution is 7.20. The van der Waals surface area contributed by atoms with Gasteiger partial charge in [-0.05, 0) is 25.0 Å². The summed E-state index contributed by atoms with van der Waals surface area (Å²) in [6.07, 6.45) is -0.0519. The predicted molar refractivity (Wildman–Crippen MR) is 103 cm³/mol. The Kier molecular flexibility index (Phi) is 5.66. The second-order valence-electron chi connectivity index (χ2n) is 5.91. The van der Waals surface area contributed by atoms with Crippen LogP contribution in [0, 0.1) is 6.92 Å². The number of esters is 1. The van der Waals surface area contributed by atoms with Crippen LogP contribution in [-0.2, 0) is 22.5 Å². The zero-order valence-corrected chi connectivity index (χ0v) is 15.8. The molecule has 2 aromatic heterocycles. The number of aromatic nitrogens is 2. The van der Waals surface area contributed by atoms with Crippen molar-refractivity contribution in [3.05, 3.63) is 62.5 Å². The molecule has 1 aromatic carbocycles. The van der Waals surface area contributed by atoms with E-state index in [4.69, 9.17) is 4.74 Å². The van der Waals surface area contributed by atoms with Crippen molar-refractivity contribution in [2.75, 3.05) is 6.61 Å². The second kappa shape index (κ2) is 8.13. The second-order valence-corrected chi connectivity index (χ2v) is 6.91. The van der Waals surface area contributed by atoms with Crippen molar-refractivity contribution in [3.63, 3.8) is 0 Å². The maximum Gasteiger partial charge on any atom is 0.348 e. The summed E-state index contributed by atoms with van der Waals surface area (Å²) in [7, 11) is 0. The van der Waals surface area contributed by atoms with Gasteiger partial charge in [0.15, 0.2) is 0 Å². The van der Waals surface area contributed by atoms with Gasteiger partial charge < -0.3 is 15.0 Å². The number of benzene rings is 1. The highest BCUT2D eigenvalue weighted by Gasteiger charge is 2.20. The number of fused-ring (bicyclic) bond motifs is 1. The molecule has 1 amide bonds. The summed E-state index contributed by atoms with van der Waals surface area (Å²) in [5.74, 6) is -0.463. The summed E-state index contributed by atoms with van der Waals surface area (Å²) in [6, 6.07) is 9.53. The minimum atomic E-state index is -0.473. The Labute approximate surface area is 159 Å². The molecule has 0 unspecified atom stereocenters. The minimum absolute atomic E-state index is 0.0519. The summed E-state index contributed by atoms with van der Waals surface area (Å²) in [4.78, 5) is 44.3. The molecule has 3 rings (SSSR count). The Bertz CT molecular complexity index is 1040. The van der Waals surface area contributed by atoms with Crippen LogP contribution in [0.4, 0.5) is 0 Å². The van der Waals surface area contributed by atoms with Gasteiger partial charge in [-0.25, -0.2) is 9.78 Å². The third-order valence-corrected chi connectivity index (χ3v) is 5.14. The fourth-order valence-corrected chi connectivity index (χ4v) is 3.77. The number of rotatable bonds is 6. The minimum Gasteiger partial charge on any atom is -0.462 e. The van der Waals surface area contributed by atoms with Crippen molar-refractivity contribution in [2.45, 2.75) is 26.8 Å². The van der Waals surface area contributed by atoms with Crippen molar-refractivity contribution in [3.8, 4) is 0 Å². The van der Waals surface area contributed by atoms with Crippen LogP contribution in [0.2, 0.25) is 0 Å².